The summed E-state index contributed by atoms with van der Waals surface area (Å²) in [7, 11) is 1.57. The molecule has 1 aliphatic carbocycles. The first-order valence-electron chi connectivity index (χ1n) is 14.3. The molecular formula is C33H33N3O5. The van der Waals surface area contributed by atoms with Crippen LogP contribution in [-0.2, 0) is 4.74 Å². The van der Waals surface area contributed by atoms with Gasteiger partial charge < -0.3 is 23.9 Å². The van der Waals surface area contributed by atoms with Gasteiger partial charge in [0.05, 0.1) is 31.5 Å². The zero-order valence-corrected chi connectivity index (χ0v) is 23.2. The number of aromatic nitrogens is 1. The predicted molar refractivity (Wildman–Crippen MR) is 155 cm³/mol. The molecule has 0 bridgehead atoms. The van der Waals surface area contributed by atoms with Crippen molar-refractivity contribution in [2.75, 3.05) is 20.3 Å². The standard InChI is InChI=1S/C33H33N3O5/c1-38-31-18-22(7-9-27(31)33(37)36-24-5-3-2-4-6-24)30-19-28-32(41-30)26(11-14-35-28)21-8-10-29(23(17-21)20-34)40-25-12-15-39-16-13-25/h7-11,14,17-19,24-25H,2-6,12-13,15-16H2,1H3,(H,36,37). The zero-order valence-electron chi connectivity index (χ0n) is 23.2. The average molecular weight is 552 g/mol. The highest BCUT2D eigenvalue weighted by Gasteiger charge is 2.22. The molecule has 4 aromatic rings. The fraction of sp³-hybridized carbons (Fsp3) is 0.364. The van der Waals surface area contributed by atoms with E-state index in [9.17, 15) is 10.1 Å². The molecule has 0 atom stereocenters. The van der Waals surface area contributed by atoms with Crippen molar-refractivity contribution in [3.63, 3.8) is 0 Å². The van der Waals surface area contributed by atoms with Crippen LogP contribution in [0.25, 0.3) is 33.6 Å². The SMILES string of the molecule is COc1cc(-c2cc3nccc(-c4ccc(OC5CCOCC5)c(C#N)c4)c3o2)ccc1C(=O)NC1CCCCC1. The average Bonchev–Trinajstić information content (AvgIpc) is 3.47. The molecule has 0 radical (unpaired) electrons. The number of furan rings is 1. The normalized spacial score (nSPS) is 16.3. The number of nitrogens with zero attached hydrogens (tertiary/aromatic N) is 2. The molecule has 0 unspecified atom stereocenters. The minimum atomic E-state index is -0.119. The summed E-state index contributed by atoms with van der Waals surface area (Å²) in [6.07, 6.45) is 8.95. The number of hydrogen-bond acceptors (Lipinski definition) is 7. The third kappa shape index (κ3) is 5.77. The van der Waals surface area contributed by atoms with Crippen LogP contribution in [0.5, 0.6) is 11.5 Å². The minimum absolute atomic E-state index is 0.0451. The molecule has 8 nitrogen and oxygen atoms in total. The van der Waals surface area contributed by atoms with E-state index in [1.807, 2.05) is 42.5 Å². The maximum absolute atomic E-state index is 13.0. The molecule has 1 N–H and O–H groups in total. The van der Waals surface area contributed by atoms with E-state index in [1.54, 1.807) is 19.4 Å². The lowest BCUT2D eigenvalue weighted by Gasteiger charge is -2.23. The Morgan fingerprint density at radius 2 is 1.78 bits per heavy atom. The van der Waals surface area contributed by atoms with Crippen molar-refractivity contribution >= 4 is 17.0 Å². The Hall–Kier alpha value is -4.35. The number of rotatable bonds is 7. The van der Waals surface area contributed by atoms with Gasteiger partial charge in [0.15, 0.2) is 5.58 Å². The van der Waals surface area contributed by atoms with Gasteiger partial charge in [-0.25, -0.2) is 0 Å². The van der Waals surface area contributed by atoms with Crippen LogP contribution in [0.1, 0.15) is 60.9 Å². The molecule has 2 aliphatic rings. The first-order chi connectivity index (χ1) is 20.1. The number of nitrogens with one attached hydrogen (secondary N) is 1. The van der Waals surface area contributed by atoms with Crippen LogP contribution in [0.15, 0.2) is 59.1 Å². The van der Waals surface area contributed by atoms with Crippen LogP contribution in [0.4, 0.5) is 0 Å². The van der Waals surface area contributed by atoms with Crippen LogP contribution in [0.2, 0.25) is 0 Å². The predicted octanol–water partition coefficient (Wildman–Crippen LogP) is 6.66. The second kappa shape index (κ2) is 12.0. The maximum atomic E-state index is 13.0. The second-order valence-corrected chi connectivity index (χ2v) is 10.7. The summed E-state index contributed by atoms with van der Waals surface area (Å²) >= 11 is 0. The summed E-state index contributed by atoms with van der Waals surface area (Å²) in [6.45, 7) is 1.34. The Kier molecular flexibility index (Phi) is 7.88. The highest BCUT2D eigenvalue weighted by atomic mass is 16.5. The van der Waals surface area contributed by atoms with Crippen molar-refractivity contribution in [3.8, 4) is 40.0 Å². The van der Waals surface area contributed by atoms with Gasteiger partial charge in [0, 0.05) is 42.3 Å². The number of benzene rings is 2. The first kappa shape index (κ1) is 26.9. The number of carbonyl (C=O) groups is 1. The van der Waals surface area contributed by atoms with Crippen molar-refractivity contribution in [1.29, 1.82) is 5.26 Å². The highest BCUT2D eigenvalue weighted by molar-refractivity contribution is 5.98. The Labute approximate surface area is 239 Å². The second-order valence-electron chi connectivity index (χ2n) is 10.7. The van der Waals surface area contributed by atoms with Gasteiger partial charge in [-0.3, -0.25) is 9.78 Å². The quantitative estimate of drug-likeness (QED) is 0.274. The largest absolute Gasteiger partial charge is 0.496 e. The summed E-state index contributed by atoms with van der Waals surface area (Å²) in [5.41, 5.74) is 4.71. The summed E-state index contributed by atoms with van der Waals surface area (Å²) in [6, 6.07) is 17.3. The molecule has 3 heterocycles. The molecule has 1 aliphatic heterocycles. The van der Waals surface area contributed by atoms with Crippen molar-refractivity contribution in [1.82, 2.24) is 10.3 Å². The van der Waals surface area contributed by atoms with Gasteiger partial charge in [-0.05, 0) is 48.7 Å². The molecule has 8 heteroatoms. The van der Waals surface area contributed by atoms with Gasteiger partial charge in [-0.15, -0.1) is 0 Å². The molecule has 6 rings (SSSR count). The number of nitriles is 1. The third-order valence-corrected chi connectivity index (χ3v) is 7.96. The van der Waals surface area contributed by atoms with E-state index in [4.69, 9.17) is 18.6 Å². The van der Waals surface area contributed by atoms with Crippen LogP contribution in [0, 0.1) is 11.3 Å². The van der Waals surface area contributed by atoms with E-state index in [0.717, 1.165) is 55.2 Å². The zero-order chi connectivity index (χ0) is 28.2. The van der Waals surface area contributed by atoms with Crippen LogP contribution < -0.4 is 14.8 Å². The molecule has 2 aromatic carbocycles. The maximum Gasteiger partial charge on any atom is 0.255 e. The van der Waals surface area contributed by atoms with Gasteiger partial charge in [0.2, 0.25) is 0 Å². The van der Waals surface area contributed by atoms with Gasteiger partial charge in [0.25, 0.3) is 5.91 Å². The van der Waals surface area contributed by atoms with E-state index in [2.05, 4.69) is 16.4 Å². The number of fused-ring (bicyclic) bond motifs is 1. The van der Waals surface area contributed by atoms with Gasteiger partial charge in [-0.1, -0.05) is 31.4 Å². The molecular weight excluding hydrogens is 518 g/mol. The third-order valence-electron chi connectivity index (χ3n) is 7.96. The number of hydrogen-bond donors (Lipinski definition) is 1. The lowest BCUT2D eigenvalue weighted by Crippen LogP contribution is -2.36. The molecule has 1 saturated carbocycles. The topological polar surface area (TPSA) is 107 Å². The van der Waals surface area contributed by atoms with Gasteiger partial charge in [0.1, 0.15) is 34.9 Å². The number of ether oxygens (including phenoxy) is 3. The number of methoxy groups -OCH3 is 1. The lowest BCUT2D eigenvalue weighted by molar-refractivity contribution is 0.0254. The fourth-order valence-electron chi connectivity index (χ4n) is 5.71. The van der Waals surface area contributed by atoms with E-state index in [-0.39, 0.29) is 18.1 Å². The van der Waals surface area contributed by atoms with Crippen LogP contribution >= 0.6 is 0 Å². The molecule has 210 valence electrons. The van der Waals surface area contributed by atoms with Crippen LogP contribution in [0.3, 0.4) is 0 Å². The molecule has 1 saturated heterocycles. The summed E-state index contributed by atoms with van der Waals surface area (Å²) < 4.78 is 23.5. The van der Waals surface area contributed by atoms with Crippen molar-refractivity contribution in [2.24, 2.45) is 0 Å². The molecule has 2 fully saturated rings. The Morgan fingerprint density at radius 3 is 2.56 bits per heavy atom. The lowest BCUT2D eigenvalue weighted by atomic mass is 9.95. The molecule has 0 spiro atoms. The number of carbonyl (C=O) groups excluding carboxylic acids is 1. The van der Waals surface area contributed by atoms with Crippen molar-refractivity contribution in [3.05, 3.63) is 65.9 Å². The van der Waals surface area contributed by atoms with Crippen LogP contribution in [-0.4, -0.2) is 43.4 Å². The smallest absolute Gasteiger partial charge is 0.255 e. The number of pyridine rings is 1. The van der Waals surface area contributed by atoms with E-state index in [1.165, 1.54) is 6.42 Å². The monoisotopic (exact) mass is 551 g/mol. The van der Waals surface area contributed by atoms with Gasteiger partial charge in [-0.2, -0.15) is 5.26 Å². The molecule has 41 heavy (non-hydrogen) atoms. The number of amides is 1. The summed E-state index contributed by atoms with van der Waals surface area (Å²) in [4.78, 5) is 17.5. The molecule has 2 aromatic heterocycles. The Bertz CT molecular complexity index is 1590. The van der Waals surface area contributed by atoms with Gasteiger partial charge >= 0.3 is 0 Å². The van der Waals surface area contributed by atoms with E-state index in [0.29, 0.717) is 52.7 Å². The molecule has 1 amide bonds. The van der Waals surface area contributed by atoms with Crippen molar-refractivity contribution < 1.29 is 23.4 Å². The highest BCUT2D eigenvalue weighted by Crippen LogP contribution is 2.37. The fourth-order valence-corrected chi connectivity index (χ4v) is 5.71. The van der Waals surface area contributed by atoms with Crippen molar-refractivity contribution in [2.45, 2.75) is 57.1 Å². The Morgan fingerprint density at radius 1 is 0.976 bits per heavy atom. The summed E-state index contributed by atoms with van der Waals surface area (Å²) in [5.74, 6) is 1.56. The summed E-state index contributed by atoms with van der Waals surface area (Å²) in [5, 5.41) is 13.0. The Balaban J connectivity index is 1.28. The van der Waals surface area contributed by atoms with E-state index < -0.39 is 0 Å². The van der Waals surface area contributed by atoms with E-state index >= 15 is 0 Å². The first-order valence-corrected chi connectivity index (χ1v) is 14.3. The minimum Gasteiger partial charge on any atom is -0.496 e.